The van der Waals surface area contributed by atoms with Gasteiger partial charge in [-0.05, 0) is 44.1 Å². The molecule has 0 heterocycles. The van der Waals surface area contributed by atoms with Crippen LogP contribution in [0.15, 0.2) is 0 Å². The molecule has 0 bridgehead atoms. The van der Waals surface area contributed by atoms with Crippen LogP contribution in [-0.2, 0) is 9.84 Å². The molecule has 110 valence electrons. The smallest absolute Gasteiger partial charge is 0.150 e. The second-order valence-electron chi connectivity index (χ2n) is 5.29. The van der Waals surface area contributed by atoms with Crippen molar-refractivity contribution in [1.82, 2.24) is 5.32 Å². The molecule has 4 heteroatoms. The van der Waals surface area contributed by atoms with Crippen LogP contribution in [0.1, 0.15) is 59.8 Å². The molecule has 18 heavy (non-hydrogen) atoms. The molecular weight excluding hydrogens is 246 g/mol. The number of nitrogens with one attached hydrogen (secondary N) is 1. The van der Waals surface area contributed by atoms with Gasteiger partial charge in [-0.15, -0.1) is 0 Å². The second-order valence-corrected chi connectivity index (χ2v) is 7.59. The van der Waals surface area contributed by atoms with Crippen LogP contribution >= 0.6 is 0 Å². The summed E-state index contributed by atoms with van der Waals surface area (Å²) in [6.45, 7) is 10.4. The predicted molar refractivity (Wildman–Crippen MR) is 79.7 cm³/mol. The molecule has 0 saturated carbocycles. The SMILES string of the molecule is CCCNCC(CC)(CC)CCS(=O)(=O)CCC. The van der Waals surface area contributed by atoms with E-state index in [1.54, 1.807) is 0 Å². The lowest BCUT2D eigenvalue weighted by Gasteiger charge is -2.32. The summed E-state index contributed by atoms with van der Waals surface area (Å²) in [6, 6.07) is 0. The van der Waals surface area contributed by atoms with E-state index in [0.717, 1.165) is 45.2 Å². The van der Waals surface area contributed by atoms with Crippen molar-refractivity contribution in [3.05, 3.63) is 0 Å². The Morgan fingerprint density at radius 3 is 2.00 bits per heavy atom. The summed E-state index contributed by atoms with van der Waals surface area (Å²) in [5.74, 6) is 0.676. The second kappa shape index (κ2) is 8.92. The molecule has 0 spiro atoms. The summed E-state index contributed by atoms with van der Waals surface area (Å²) in [7, 11) is -2.84. The Morgan fingerprint density at radius 1 is 0.944 bits per heavy atom. The molecule has 0 atom stereocenters. The van der Waals surface area contributed by atoms with Gasteiger partial charge in [-0.3, -0.25) is 0 Å². The molecule has 0 radical (unpaired) electrons. The lowest BCUT2D eigenvalue weighted by Crippen LogP contribution is -2.35. The minimum atomic E-state index is -2.84. The van der Waals surface area contributed by atoms with Gasteiger partial charge in [-0.25, -0.2) is 8.42 Å². The van der Waals surface area contributed by atoms with Crippen molar-refractivity contribution >= 4 is 9.84 Å². The quantitative estimate of drug-likeness (QED) is 0.591. The van der Waals surface area contributed by atoms with E-state index in [4.69, 9.17) is 0 Å². The maximum Gasteiger partial charge on any atom is 0.150 e. The van der Waals surface area contributed by atoms with Crippen LogP contribution in [0, 0.1) is 5.41 Å². The minimum absolute atomic E-state index is 0.149. The third-order valence-electron chi connectivity index (χ3n) is 3.89. The first-order chi connectivity index (χ1) is 8.45. The van der Waals surface area contributed by atoms with Crippen molar-refractivity contribution in [2.45, 2.75) is 59.8 Å². The Hall–Kier alpha value is -0.0900. The summed E-state index contributed by atoms with van der Waals surface area (Å²) >= 11 is 0. The van der Waals surface area contributed by atoms with Crippen molar-refractivity contribution in [2.24, 2.45) is 5.41 Å². The normalized spacial score (nSPS) is 12.9. The van der Waals surface area contributed by atoms with Crippen molar-refractivity contribution in [1.29, 1.82) is 0 Å². The van der Waals surface area contributed by atoms with Crippen molar-refractivity contribution in [2.75, 3.05) is 24.6 Å². The Balaban J connectivity index is 4.42. The monoisotopic (exact) mass is 277 g/mol. The number of hydrogen-bond acceptors (Lipinski definition) is 3. The summed E-state index contributed by atoms with van der Waals surface area (Å²) in [5.41, 5.74) is 0.149. The molecule has 0 aliphatic heterocycles. The first kappa shape index (κ1) is 17.9. The molecule has 0 aromatic carbocycles. The topological polar surface area (TPSA) is 46.2 Å². The Bertz CT molecular complexity index is 295. The Labute approximate surface area is 114 Å². The molecule has 0 aliphatic carbocycles. The van der Waals surface area contributed by atoms with Gasteiger partial charge in [-0.1, -0.05) is 27.7 Å². The summed E-state index contributed by atoms with van der Waals surface area (Å²) in [4.78, 5) is 0. The Morgan fingerprint density at radius 2 is 1.56 bits per heavy atom. The minimum Gasteiger partial charge on any atom is -0.316 e. The third kappa shape index (κ3) is 6.74. The molecule has 0 aliphatic rings. The van der Waals surface area contributed by atoms with E-state index in [1.165, 1.54) is 0 Å². The molecule has 0 amide bonds. The average molecular weight is 277 g/mol. The van der Waals surface area contributed by atoms with Crippen LogP contribution in [-0.4, -0.2) is 33.0 Å². The van der Waals surface area contributed by atoms with Crippen molar-refractivity contribution < 1.29 is 8.42 Å². The molecule has 0 rings (SSSR count). The van der Waals surface area contributed by atoms with Crippen LogP contribution < -0.4 is 5.32 Å². The first-order valence-corrected chi connectivity index (χ1v) is 9.18. The first-order valence-electron chi connectivity index (χ1n) is 7.36. The predicted octanol–water partition coefficient (Wildman–Crippen LogP) is 3.01. The van der Waals surface area contributed by atoms with Gasteiger partial charge in [0.2, 0.25) is 0 Å². The highest BCUT2D eigenvalue weighted by molar-refractivity contribution is 7.91. The zero-order valence-electron chi connectivity index (χ0n) is 12.6. The van der Waals surface area contributed by atoms with Gasteiger partial charge in [0, 0.05) is 12.3 Å². The fourth-order valence-electron chi connectivity index (χ4n) is 2.26. The molecule has 0 unspecified atom stereocenters. The Kier molecular flexibility index (Phi) is 8.87. The van der Waals surface area contributed by atoms with E-state index in [2.05, 4.69) is 26.1 Å². The van der Waals surface area contributed by atoms with Gasteiger partial charge in [0.25, 0.3) is 0 Å². The van der Waals surface area contributed by atoms with Crippen LogP contribution in [0.25, 0.3) is 0 Å². The summed E-state index contributed by atoms with van der Waals surface area (Å²) in [5, 5.41) is 3.45. The van der Waals surface area contributed by atoms with E-state index in [0.29, 0.717) is 11.5 Å². The molecule has 0 aromatic rings. The molecule has 0 fully saturated rings. The van der Waals surface area contributed by atoms with Gasteiger partial charge >= 0.3 is 0 Å². The van der Waals surface area contributed by atoms with Crippen molar-refractivity contribution in [3.8, 4) is 0 Å². The highest BCUT2D eigenvalue weighted by Gasteiger charge is 2.27. The lowest BCUT2D eigenvalue weighted by molar-refractivity contribution is 0.240. The van der Waals surface area contributed by atoms with Gasteiger partial charge in [0.15, 0.2) is 0 Å². The van der Waals surface area contributed by atoms with Gasteiger partial charge in [-0.2, -0.15) is 0 Å². The third-order valence-corrected chi connectivity index (χ3v) is 5.74. The molecule has 0 saturated heterocycles. The van der Waals surface area contributed by atoms with Crippen molar-refractivity contribution in [3.63, 3.8) is 0 Å². The van der Waals surface area contributed by atoms with E-state index in [-0.39, 0.29) is 5.41 Å². The highest BCUT2D eigenvalue weighted by atomic mass is 32.2. The number of rotatable bonds is 11. The number of sulfone groups is 1. The van der Waals surface area contributed by atoms with E-state index in [1.807, 2.05) is 6.92 Å². The lowest BCUT2D eigenvalue weighted by atomic mass is 9.80. The van der Waals surface area contributed by atoms with Gasteiger partial charge < -0.3 is 5.32 Å². The molecule has 3 nitrogen and oxygen atoms in total. The van der Waals surface area contributed by atoms with Crippen LogP contribution in [0.3, 0.4) is 0 Å². The van der Waals surface area contributed by atoms with Gasteiger partial charge in [0.05, 0.1) is 5.75 Å². The highest BCUT2D eigenvalue weighted by Crippen LogP contribution is 2.30. The van der Waals surface area contributed by atoms with E-state index in [9.17, 15) is 8.42 Å². The van der Waals surface area contributed by atoms with Crippen LogP contribution in [0.5, 0.6) is 0 Å². The fraction of sp³-hybridized carbons (Fsp3) is 1.00. The fourth-order valence-corrected chi connectivity index (χ4v) is 3.83. The maximum atomic E-state index is 11.8. The molecule has 1 N–H and O–H groups in total. The largest absolute Gasteiger partial charge is 0.316 e. The molecular formula is C14H31NO2S. The maximum absolute atomic E-state index is 11.8. The van der Waals surface area contributed by atoms with Crippen LogP contribution in [0.2, 0.25) is 0 Å². The van der Waals surface area contributed by atoms with E-state index >= 15 is 0 Å². The van der Waals surface area contributed by atoms with Crippen LogP contribution in [0.4, 0.5) is 0 Å². The summed E-state index contributed by atoms with van der Waals surface area (Å²) < 4.78 is 23.6. The zero-order valence-corrected chi connectivity index (χ0v) is 13.4. The zero-order chi connectivity index (χ0) is 14.1. The summed E-state index contributed by atoms with van der Waals surface area (Å²) in [6.07, 6.45) is 4.72. The van der Waals surface area contributed by atoms with E-state index < -0.39 is 9.84 Å². The molecule has 0 aromatic heterocycles. The average Bonchev–Trinajstić information content (AvgIpc) is 2.34. The van der Waals surface area contributed by atoms with Gasteiger partial charge in [0.1, 0.15) is 9.84 Å². The number of hydrogen-bond donors (Lipinski definition) is 1. The standard InChI is InChI=1S/C14H31NO2S/c1-5-10-15-13-14(7-3,8-4)9-12-18(16,17)11-6-2/h15H,5-13H2,1-4H3.